The third-order valence-corrected chi connectivity index (χ3v) is 4.77. The van der Waals surface area contributed by atoms with Gasteiger partial charge >= 0.3 is 0 Å². The molecule has 0 saturated carbocycles. The van der Waals surface area contributed by atoms with E-state index in [1.165, 1.54) is 5.56 Å². The molecular formula is C24H22N4O2. The number of anilines is 1. The Morgan fingerprint density at radius 3 is 2.53 bits per heavy atom. The predicted molar refractivity (Wildman–Crippen MR) is 119 cm³/mol. The summed E-state index contributed by atoms with van der Waals surface area (Å²) in [6.07, 6.45) is 5.42. The van der Waals surface area contributed by atoms with E-state index in [2.05, 4.69) is 51.4 Å². The van der Waals surface area contributed by atoms with Gasteiger partial charge < -0.3 is 15.0 Å². The van der Waals surface area contributed by atoms with Gasteiger partial charge in [-0.25, -0.2) is 0 Å². The first-order chi connectivity index (χ1) is 14.6. The first-order valence-corrected chi connectivity index (χ1v) is 9.65. The summed E-state index contributed by atoms with van der Waals surface area (Å²) in [4.78, 5) is 22.4. The van der Waals surface area contributed by atoms with Crippen molar-refractivity contribution in [2.24, 2.45) is 4.99 Å². The summed E-state index contributed by atoms with van der Waals surface area (Å²) >= 11 is 0. The van der Waals surface area contributed by atoms with Gasteiger partial charge in [-0.1, -0.05) is 29.8 Å². The van der Waals surface area contributed by atoms with Crippen molar-refractivity contribution in [3.8, 4) is 11.5 Å². The highest BCUT2D eigenvalue weighted by Crippen LogP contribution is 2.30. The number of nitrogens with zero attached hydrogens (tertiary/aromatic N) is 3. The molecule has 0 radical (unpaired) electrons. The van der Waals surface area contributed by atoms with Crippen LogP contribution in [0.1, 0.15) is 21.6 Å². The average Bonchev–Trinajstić information content (AvgIpc) is 2.80. The van der Waals surface area contributed by atoms with Gasteiger partial charge in [0.05, 0.1) is 5.70 Å². The highest BCUT2D eigenvalue weighted by Gasteiger charge is 2.16. The van der Waals surface area contributed by atoms with Gasteiger partial charge in [0.25, 0.3) is 5.91 Å². The van der Waals surface area contributed by atoms with Crippen LogP contribution < -0.4 is 15.0 Å². The normalized spacial score (nSPS) is 13.0. The Morgan fingerprint density at radius 1 is 1.03 bits per heavy atom. The van der Waals surface area contributed by atoms with E-state index in [0.717, 1.165) is 16.9 Å². The monoisotopic (exact) mass is 398 g/mol. The fourth-order valence-electron chi connectivity index (χ4n) is 3.17. The first-order valence-electron chi connectivity index (χ1n) is 9.65. The quantitative estimate of drug-likeness (QED) is 0.690. The summed E-state index contributed by atoms with van der Waals surface area (Å²) < 4.78 is 5.90. The minimum atomic E-state index is -0.253. The topological polar surface area (TPSA) is 66.8 Å². The molecule has 1 aromatic heterocycles. The number of rotatable bonds is 5. The molecule has 1 aliphatic heterocycles. The number of aliphatic imine (C=N–C) groups is 1. The second-order valence-electron chi connectivity index (χ2n) is 6.87. The lowest BCUT2D eigenvalue weighted by molar-refractivity contribution is 0.0958. The lowest BCUT2D eigenvalue weighted by Gasteiger charge is -2.28. The molecule has 2 aromatic carbocycles. The van der Waals surface area contributed by atoms with Crippen molar-refractivity contribution >= 4 is 23.5 Å². The fraction of sp³-hybridized carbons (Fsp3) is 0.125. The lowest BCUT2D eigenvalue weighted by atomic mass is 10.1. The molecule has 6 nitrogen and oxygen atoms in total. The van der Waals surface area contributed by atoms with Gasteiger partial charge in [-0.3, -0.25) is 14.8 Å². The molecule has 0 unspecified atom stereocenters. The molecule has 4 rings (SSSR count). The second kappa shape index (κ2) is 8.61. The molecule has 150 valence electrons. The van der Waals surface area contributed by atoms with E-state index < -0.39 is 0 Å². The predicted octanol–water partition coefficient (Wildman–Crippen LogP) is 4.43. The number of allylic oxidation sites excluding steroid dienone is 1. The first kappa shape index (κ1) is 19.4. The van der Waals surface area contributed by atoms with Gasteiger partial charge in [0, 0.05) is 31.2 Å². The van der Waals surface area contributed by atoms with Crippen LogP contribution in [0.15, 0.2) is 77.9 Å². The largest absolute Gasteiger partial charge is 0.457 e. The van der Waals surface area contributed by atoms with Crippen LogP contribution in [-0.4, -0.2) is 30.8 Å². The summed E-state index contributed by atoms with van der Waals surface area (Å²) in [5.74, 6) is 0.977. The molecule has 1 N–H and O–H groups in total. The van der Waals surface area contributed by atoms with Crippen LogP contribution in [0.2, 0.25) is 0 Å². The molecule has 0 fully saturated rings. The Labute approximate surface area is 175 Å². The second-order valence-corrected chi connectivity index (χ2v) is 6.87. The summed E-state index contributed by atoms with van der Waals surface area (Å²) in [5.41, 5.74) is 4.80. The number of carbonyl (C=O) groups excluding carboxylic acids is 1. The molecule has 0 bridgehead atoms. The maximum absolute atomic E-state index is 11.8. The number of carbonyl (C=O) groups is 1. The highest BCUT2D eigenvalue weighted by atomic mass is 16.5. The molecule has 2 heterocycles. The molecule has 0 atom stereocenters. The van der Waals surface area contributed by atoms with Crippen molar-refractivity contribution in [3.63, 3.8) is 0 Å². The van der Waals surface area contributed by atoms with Crippen molar-refractivity contribution in [1.29, 1.82) is 0 Å². The Morgan fingerprint density at radius 2 is 1.80 bits per heavy atom. The number of benzene rings is 2. The summed E-state index contributed by atoms with van der Waals surface area (Å²) in [5, 5.41) is 2.56. The molecule has 30 heavy (non-hydrogen) atoms. The molecule has 0 saturated heterocycles. The fourth-order valence-corrected chi connectivity index (χ4v) is 3.17. The number of ether oxygens (including phenoxy) is 1. The number of hydrogen-bond donors (Lipinski definition) is 1. The van der Waals surface area contributed by atoms with E-state index in [-0.39, 0.29) is 5.91 Å². The minimum Gasteiger partial charge on any atom is -0.457 e. The number of nitrogens with one attached hydrogen (secondary N) is 1. The van der Waals surface area contributed by atoms with Crippen LogP contribution in [0, 0.1) is 6.92 Å². The molecule has 1 amide bonds. The third kappa shape index (κ3) is 4.22. The van der Waals surface area contributed by atoms with Gasteiger partial charge in [0.15, 0.2) is 0 Å². The van der Waals surface area contributed by atoms with Crippen LogP contribution in [0.25, 0.3) is 5.70 Å². The maximum atomic E-state index is 11.8. The summed E-state index contributed by atoms with van der Waals surface area (Å²) in [7, 11) is 1.57. The smallest absolute Gasteiger partial charge is 0.269 e. The van der Waals surface area contributed by atoms with Crippen LogP contribution in [-0.2, 0) is 0 Å². The number of amides is 1. The van der Waals surface area contributed by atoms with Crippen LogP contribution in [0.4, 0.5) is 5.69 Å². The molecule has 1 aliphatic rings. The zero-order valence-corrected chi connectivity index (χ0v) is 16.9. The molecule has 0 aliphatic carbocycles. The molecule has 6 heteroatoms. The number of aromatic nitrogens is 1. The number of hydrogen-bond acceptors (Lipinski definition) is 5. The molecular weight excluding hydrogens is 376 g/mol. The Kier molecular flexibility index (Phi) is 5.57. The number of aryl methyl sites for hydroxylation is 1. The van der Waals surface area contributed by atoms with E-state index in [9.17, 15) is 4.79 Å². The Bertz CT molecular complexity index is 1100. The summed E-state index contributed by atoms with van der Waals surface area (Å²) in [6.45, 7) is 2.64. The number of pyridine rings is 1. The van der Waals surface area contributed by atoms with Gasteiger partial charge in [-0.2, -0.15) is 0 Å². The van der Waals surface area contributed by atoms with Crippen molar-refractivity contribution in [2.75, 3.05) is 18.6 Å². The van der Waals surface area contributed by atoms with E-state index in [0.29, 0.717) is 23.9 Å². The molecule has 3 aromatic rings. The van der Waals surface area contributed by atoms with Crippen molar-refractivity contribution in [2.45, 2.75) is 6.92 Å². The average molecular weight is 398 g/mol. The SMILES string of the molecule is CNC(=O)c1cc(Oc2ccc(N3CN=CC=C3c3ccc(C)cc3)cc2)ccn1. The van der Waals surface area contributed by atoms with Gasteiger partial charge in [-0.15, -0.1) is 0 Å². The van der Waals surface area contributed by atoms with Crippen LogP contribution in [0.3, 0.4) is 0 Å². The Hall–Kier alpha value is -3.93. The van der Waals surface area contributed by atoms with E-state index in [4.69, 9.17) is 4.74 Å². The van der Waals surface area contributed by atoms with Crippen molar-refractivity contribution in [3.05, 3.63) is 89.8 Å². The van der Waals surface area contributed by atoms with Crippen molar-refractivity contribution < 1.29 is 9.53 Å². The van der Waals surface area contributed by atoms with Gasteiger partial charge in [-0.05, 0) is 48.9 Å². The Balaban J connectivity index is 1.53. The maximum Gasteiger partial charge on any atom is 0.269 e. The zero-order chi connectivity index (χ0) is 20.9. The van der Waals surface area contributed by atoms with E-state index in [1.807, 2.05) is 36.6 Å². The van der Waals surface area contributed by atoms with E-state index >= 15 is 0 Å². The third-order valence-electron chi connectivity index (χ3n) is 4.77. The standard InChI is InChI=1S/C24H22N4O2/c1-17-3-5-18(6-4-17)23-12-13-26-16-28(23)19-7-9-20(10-8-19)30-21-11-14-27-22(15-21)24(29)25-2/h3-15H,16H2,1-2H3,(H,25,29). The minimum absolute atomic E-state index is 0.253. The van der Waals surface area contributed by atoms with Crippen LogP contribution >= 0.6 is 0 Å². The molecule has 0 spiro atoms. The summed E-state index contributed by atoms with van der Waals surface area (Å²) in [6, 6.07) is 19.6. The van der Waals surface area contributed by atoms with Gasteiger partial charge in [0.2, 0.25) is 0 Å². The lowest BCUT2D eigenvalue weighted by Crippen LogP contribution is -2.24. The van der Waals surface area contributed by atoms with E-state index in [1.54, 1.807) is 25.4 Å². The highest BCUT2D eigenvalue weighted by molar-refractivity contribution is 5.93. The van der Waals surface area contributed by atoms with Gasteiger partial charge in [0.1, 0.15) is 23.9 Å². The van der Waals surface area contributed by atoms with Crippen molar-refractivity contribution in [1.82, 2.24) is 10.3 Å². The van der Waals surface area contributed by atoms with Crippen LogP contribution in [0.5, 0.6) is 11.5 Å². The zero-order valence-electron chi connectivity index (χ0n) is 16.9.